The second kappa shape index (κ2) is 8.52. The van der Waals surface area contributed by atoms with Gasteiger partial charge in [-0.3, -0.25) is 4.79 Å². The topological polar surface area (TPSA) is 47.8 Å². The summed E-state index contributed by atoms with van der Waals surface area (Å²) in [6.07, 6.45) is 0.724. The first kappa shape index (κ1) is 18.7. The van der Waals surface area contributed by atoms with E-state index in [0.717, 1.165) is 23.9 Å². The maximum atomic E-state index is 12.6. The van der Waals surface area contributed by atoms with Gasteiger partial charge in [0.2, 0.25) is 0 Å². The van der Waals surface area contributed by atoms with Crippen molar-refractivity contribution in [1.29, 1.82) is 0 Å². The summed E-state index contributed by atoms with van der Waals surface area (Å²) in [5.41, 5.74) is 1.85. The van der Waals surface area contributed by atoms with Crippen molar-refractivity contribution >= 4 is 29.1 Å². The molecule has 0 spiro atoms. The fourth-order valence-electron chi connectivity index (χ4n) is 2.69. The van der Waals surface area contributed by atoms with Crippen molar-refractivity contribution in [2.45, 2.75) is 37.2 Å². The van der Waals surface area contributed by atoms with Crippen molar-refractivity contribution in [3.05, 3.63) is 76.6 Å². The van der Waals surface area contributed by atoms with Crippen LogP contribution in [-0.4, -0.2) is 25.8 Å². The minimum absolute atomic E-state index is 0.0573. The number of hydrogen-bond donors (Lipinski definition) is 0. The largest absolute Gasteiger partial charge is 0.306 e. The summed E-state index contributed by atoms with van der Waals surface area (Å²) in [5, 5.41) is 9.80. The maximum absolute atomic E-state index is 12.6. The van der Waals surface area contributed by atoms with Gasteiger partial charge in [0.15, 0.2) is 10.9 Å². The third kappa shape index (κ3) is 4.34. The second-order valence-corrected chi connectivity index (χ2v) is 7.68. The van der Waals surface area contributed by atoms with Gasteiger partial charge in [-0.1, -0.05) is 53.7 Å². The molecule has 0 aliphatic carbocycles. The van der Waals surface area contributed by atoms with Gasteiger partial charge >= 0.3 is 0 Å². The molecule has 0 fully saturated rings. The smallest absolute Gasteiger partial charge is 0.191 e. The maximum Gasteiger partial charge on any atom is 0.191 e. The lowest BCUT2D eigenvalue weighted by atomic mass is 10.1. The van der Waals surface area contributed by atoms with E-state index in [1.54, 1.807) is 24.3 Å². The number of aromatic nitrogens is 3. The van der Waals surface area contributed by atoms with Gasteiger partial charge in [-0.25, -0.2) is 0 Å². The molecule has 1 atom stereocenters. The van der Waals surface area contributed by atoms with E-state index in [0.29, 0.717) is 10.6 Å². The normalized spacial score (nSPS) is 12.1. The molecule has 2 aromatic carbocycles. The highest BCUT2D eigenvalue weighted by Crippen LogP contribution is 2.26. The Kier molecular flexibility index (Phi) is 6.12. The van der Waals surface area contributed by atoms with Crippen LogP contribution in [-0.2, 0) is 13.0 Å². The van der Waals surface area contributed by atoms with Crippen LogP contribution in [0.25, 0.3) is 0 Å². The number of nitrogens with zero attached hydrogens (tertiary/aromatic N) is 3. The van der Waals surface area contributed by atoms with Crippen molar-refractivity contribution in [2.24, 2.45) is 0 Å². The highest BCUT2D eigenvalue weighted by atomic mass is 35.5. The average Bonchev–Trinajstić information content (AvgIpc) is 3.03. The monoisotopic (exact) mass is 385 g/mol. The number of ketones is 1. The lowest BCUT2D eigenvalue weighted by Gasteiger charge is -2.12. The zero-order valence-corrected chi connectivity index (χ0v) is 16.3. The minimum Gasteiger partial charge on any atom is -0.306 e. The van der Waals surface area contributed by atoms with Crippen LogP contribution in [0.2, 0.25) is 5.02 Å². The Bertz CT molecular complexity index is 878. The molecule has 0 N–H and O–H groups in total. The van der Waals surface area contributed by atoms with Gasteiger partial charge < -0.3 is 4.57 Å². The number of thioether (sulfide) groups is 1. The number of carbonyl (C=O) groups excluding carboxylic acids is 1. The van der Waals surface area contributed by atoms with Gasteiger partial charge in [0.25, 0.3) is 0 Å². The van der Waals surface area contributed by atoms with E-state index in [1.165, 1.54) is 17.3 Å². The Balaban J connectivity index is 1.75. The number of rotatable bonds is 7. The molecule has 6 heteroatoms. The number of benzene rings is 2. The van der Waals surface area contributed by atoms with Crippen molar-refractivity contribution in [3.63, 3.8) is 0 Å². The molecule has 0 aliphatic heterocycles. The Morgan fingerprint density at radius 3 is 2.46 bits per heavy atom. The van der Waals surface area contributed by atoms with Crippen molar-refractivity contribution < 1.29 is 4.79 Å². The van der Waals surface area contributed by atoms with Gasteiger partial charge in [-0.15, -0.1) is 10.2 Å². The van der Waals surface area contributed by atoms with E-state index in [-0.39, 0.29) is 11.0 Å². The first-order valence-electron chi connectivity index (χ1n) is 8.51. The fourth-order valence-corrected chi connectivity index (χ4v) is 3.83. The Morgan fingerprint density at radius 1 is 1.12 bits per heavy atom. The zero-order valence-electron chi connectivity index (χ0n) is 14.7. The first-order valence-corrected chi connectivity index (χ1v) is 9.76. The van der Waals surface area contributed by atoms with Crippen LogP contribution in [0.4, 0.5) is 0 Å². The number of Topliss-reactive ketones (excluding diaryl/α,β-unsaturated/α-hetero) is 1. The molecular weight excluding hydrogens is 366 g/mol. The Labute approximate surface area is 162 Å². The predicted octanol–water partition coefficient (Wildman–Crippen LogP) is 4.91. The molecule has 3 rings (SSSR count). The molecule has 0 radical (unpaired) electrons. The van der Waals surface area contributed by atoms with Crippen molar-refractivity contribution in [3.8, 4) is 0 Å². The van der Waals surface area contributed by atoms with Gasteiger partial charge in [0, 0.05) is 23.6 Å². The molecule has 1 heterocycles. The van der Waals surface area contributed by atoms with Gasteiger partial charge in [0.05, 0.1) is 5.25 Å². The van der Waals surface area contributed by atoms with Crippen LogP contribution in [0.3, 0.4) is 0 Å². The molecule has 26 heavy (non-hydrogen) atoms. The molecule has 134 valence electrons. The number of carbonyl (C=O) groups is 1. The van der Waals surface area contributed by atoms with Crippen LogP contribution in [0, 0.1) is 0 Å². The van der Waals surface area contributed by atoms with Gasteiger partial charge in [0.1, 0.15) is 5.82 Å². The molecule has 0 bridgehead atoms. The molecule has 0 aliphatic rings. The van der Waals surface area contributed by atoms with E-state index in [4.69, 9.17) is 11.6 Å². The SMILES string of the molecule is CCn1c(Cc2ccccc2)nnc1SC(C)C(=O)c1ccc(Cl)cc1. The third-order valence-corrected chi connectivity index (χ3v) is 5.43. The van der Waals surface area contributed by atoms with E-state index in [2.05, 4.69) is 33.8 Å². The highest BCUT2D eigenvalue weighted by molar-refractivity contribution is 8.00. The molecule has 4 nitrogen and oxygen atoms in total. The summed E-state index contributed by atoms with van der Waals surface area (Å²) in [6, 6.07) is 17.2. The van der Waals surface area contributed by atoms with Gasteiger partial charge in [-0.2, -0.15) is 0 Å². The average molecular weight is 386 g/mol. The molecule has 0 amide bonds. The van der Waals surface area contributed by atoms with Crippen LogP contribution < -0.4 is 0 Å². The van der Waals surface area contributed by atoms with E-state index < -0.39 is 0 Å². The van der Waals surface area contributed by atoms with E-state index in [9.17, 15) is 4.79 Å². The Hall–Kier alpha value is -2.11. The summed E-state index contributed by atoms with van der Waals surface area (Å²) in [6.45, 7) is 4.72. The van der Waals surface area contributed by atoms with Crippen molar-refractivity contribution in [1.82, 2.24) is 14.8 Å². The molecule has 3 aromatic rings. The third-order valence-electron chi connectivity index (χ3n) is 4.09. The summed E-state index contributed by atoms with van der Waals surface area (Å²) >= 11 is 7.34. The Morgan fingerprint density at radius 2 is 1.81 bits per heavy atom. The molecule has 0 saturated carbocycles. The predicted molar refractivity (Wildman–Crippen MR) is 106 cm³/mol. The fraction of sp³-hybridized carbons (Fsp3) is 0.250. The summed E-state index contributed by atoms with van der Waals surface area (Å²) in [7, 11) is 0. The number of hydrogen-bond acceptors (Lipinski definition) is 4. The summed E-state index contributed by atoms with van der Waals surface area (Å²) < 4.78 is 2.07. The summed E-state index contributed by atoms with van der Waals surface area (Å²) in [5.74, 6) is 0.967. The highest BCUT2D eigenvalue weighted by Gasteiger charge is 2.21. The van der Waals surface area contributed by atoms with Crippen molar-refractivity contribution in [2.75, 3.05) is 0 Å². The molecule has 1 unspecified atom stereocenters. The summed E-state index contributed by atoms with van der Waals surface area (Å²) in [4.78, 5) is 12.6. The number of halogens is 1. The lowest BCUT2D eigenvalue weighted by Crippen LogP contribution is -2.15. The van der Waals surface area contributed by atoms with Crippen LogP contribution in [0.1, 0.15) is 35.6 Å². The molecular formula is C20H20ClN3OS. The van der Waals surface area contributed by atoms with E-state index in [1.807, 2.05) is 25.1 Å². The van der Waals surface area contributed by atoms with E-state index >= 15 is 0 Å². The van der Waals surface area contributed by atoms with Gasteiger partial charge in [-0.05, 0) is 43.7 Å². The standard InChI is InChI=1S/C20H20ClN3OS/c1-3-24-18(13-15-7-5-4-6-8-15)22-23-20(24)26-14(2)19(25)16-9-11-17(21)12-10-16/h4-12,14H,3,13H2,1-2H3. The second-order valence-electron chi connectivity index (χ2n) is 5.94. The first-order chi connectivity index (χ1) is 12.6. The van der Waals surface area contributed by atoms with Crippen LogP contribution in [0.15, 0.2) is 59.8 Å². The van der Waals surface area contributed by atoms with Crippen LogP contribution >= 0.6 is 23.4 Å². The minimum atomic E-state index is -0.254. The lowest BCUT2D eigenvalue weighted by molar-refractivity contribution is 0.0994. The quantitative estimate of drug-likeness (QED) is 0.428. The van der Waals surface area contributed by atoms with Crippen LogP contribution in [0.5, 0.6) is 0 Å². The molecule has 0 saturated heterocycles. The molecule has 1 aromatic heterocycles. The zero-order chi connectivity index (χ0) is 18.5.